The van der Waals surface area contributed by atoms with E-state index in [1.807, 2.05) is 53.4 Å². The van der Waals surface area contributed by atoms with Crippen molar-refractivity contribution in [1.29, 1.82) is 0 Å². The lowest BCUT2D eigenvalue weighted by Gasteiger charge is -2.02. The maximum absolute atomic E-state index is 8.85. The van der Waals surface area contributed by atoms with Crippen LogP contribution in [0.3, 0.4) is 0 Å². The SMILES string of the molecule is OCc1ccc(-n2cccc2)cc1. The van der Waals surface area contributed by atoms with Crippen LogP contribution in [0.5, 0.6) is 0 Å². The normalized spacial score (nSPS) is 10.2. The van der Waals surface area contributed by atoms with E-state index in [1.54, 1.807) is 0 Å². The number of aliphatic hydroxyl groups is 1. The number of aromatic nitrogens is 1. The second-order valence-corrected chi connectivity index (χ2v) is 2.91. The number of hydrogen-bond donors (Lipinski definition) is 1. The average molecular weight is 173 g/mol. The minimum Gasteiger partial charge on any atom is -0.392 e. The standard InChI is InChI=1S/C11H11NO/c13-9-10-3-5-11(6-4-10)12-7-1-2-8-12/h1-8,13H,9H2. The molecular formula is C11H11NO. The van der Waals surface area contributed by atoms with Gasteiger partial charge < -0.3 is 9.67 Å². The molecule has 0 amide bonds. The monoisotopic (exact) mass is 173 g/mol. The van der Waals surface area contributed by atoms with Gasteiger partial charge in [0.25, 0.3) is 0 Å². The molecule has 0 fully saturated rings. The van der Waals surface area contributed by atoms with Gasteiger partial charge in [-0.3, -0.25) is 0 Å². The first-order valence-electron chi connectivity index (χ1n) is 4.23. The molecule has 0 aliphatic rings. The maximum atomic E-state index is 8.85. The van der Waals surface area contributed by atoms with E-state index >= 15 is 0 Å². The third-order valence-corrected chi connectivity index (χ3v) is 2.02. The Kier molecular flexibility index (Phi) is 2.15. The molecule has 66 valence electrons. The van der Waals surface area contributed by atoms with Crippen molar-refractivity contribution >= 4 is 0 Å². The molecule has 0 spiro atoms. The predicted molar refractivity (Wildman–Crippen MR) is 51.7 cm³/mol. The number of aliphatic hydroxyl groups excluding tert-OH is 1. The topological polar surface area (TPSA) is 25.2 Å². The van der Waals surface area contributed by atoms with Crippen molar-refractivity contribution in [2.24, 2.45) is 0 Å². The first kappa shape index (κ1) is 8.08. The van der Waals surface area contributed by atoms with Crippen molar-refractivity contribution in [1.82, 2.24) is 4.57 Å². The molecule has 1 aromatic heterocycles. The van der Waals surface area contributed by atoms with Crippen LogP contribution in [0.4, 0.5) is 0 Å². The van der Waals surface area contributed by atoms with Crippen molar-refractivity contribution in [3.05, 3.63) is 54.4 Å². The molecule has 2 rings (SSSR count). The second kappa shape index (κ2) is 3.46. The summed E-state index contributed by atoms with van der Waals surface area (Å²) in [5.41, 5.74) is 2.05. The summed E-state index contributed by atoms with van der Waals surface area (Å²) in [6.45, 7) is 0.103. The second-order valence-electron chi connectivity index (χ2n) is 2.91. The Morgan fingerprint density at radius 1 is 1.00 bits per heavy atom. The average Bonchev–Trinajstić information content (AvgIpc) is 2.71. The van der Waals surface area contributed by atoms with Crippen LogP contribution < -0.4 is 0 Å². The highest BCUT2D eigenvalue weighted by Crippen LogP contribution is 2.09. The molecule has 0 bridgehead atoms. The molecule has 1 N–H and O–H groups in total. The minimum absolute atomic E-state index is 0.103. The molecule has 2 nitrogen and oxygen atoms in total. The molecule has 0 aliphatic carbocycles. The first-order valence-corrected chi connectivity index (χ1v) is 4.23. The zero-order valence-electron chi connectivity index (χ0n) is 7.22. The van der Waals surface area contributed by atoms with Crippen molar-refractivity contribution in [3.63, 3.8) is 0 Å². The molecule has 1 aromatic carbocycles. The molecule has 0 atom stereocenters. The molecular weight excluding hydrogens is 162 g/mol. The Morgan fingerprint density at radius 2 is 1.62 bits per heavy atom. The van der Waals surface area contributed by atoms with Crippen LogP contribution in [-0.2, 0) is 6.61 Å². The van der Waals surface area contributed by atoms with Crippen LogP contribution in [0.1, 0.15) is 5.56 Å². The Hall–Kier alpha value is -1.54. The van der Waals surface area contributed by atoms with Gasteiger partial charge in [0, 0.05) is 18.1 Å². The summed E-state index contributed by atoms with van der Waals surface area (Å²) in [4.78, 5) is 0. The van der Waals surface area contributed by atoms with Crippen molar-refractivity contribution in [3.8, 4) is 5.69 Å². The maximum Gasteiger partial charge on any atom is 0.0681 e. The van der Waals surface area contributed by atoms with Crippen LogP contribution in [0, 0.1) is 0 Å². The van der Waals surface area contributed by atoms with Gasteiger partial charge in [-0.05, 0) is 29.8 Å². The van der Waals surface area contributed by atoms with E-state index in [0.29, 0.717) is 0 Å². The van der Waals surface area contributed by atoms with E-state index in [-0.39, 0.29) is 6.61 Å². The fourth-order valence-electron chi connectivity index (χ4n) is 1.28. The van der Waals surface area contributed by atoms with Crippen LogP contribution in [0.2, 0.25) is 0 Å². The van der Waals surface area contributed by atoms with E-state index in [4.69, 9.17) is 5.11 Å². The van der Waals surface area contributed by atoms with Crippen LogP contribution in [0.15, 0.2) is 48.8 Å². The highest BCUT2D eigenvalue weighted by atomic mass is 16.3. The van der Waals surface area contributed by atoms with Gasteiger partial charge in [-0.25, -0.2) is 0 Å². The summed E-state index contributed by atoms with van der Waals surface area (Å²) in [5, 5.41) is 8.85. The van der Waals surface area contributed by atoms with Gasteiger partial charge in [-0.15, -0.1) is 0 Å². The van der Waals surface area contributed by atoms with Crippen LogP contribution >= 0.6 is 0 Å². The lowest BCUT2D eigenvalue weighted by molar-refractivity contribution is 0.282. The molecule has 1 heterocycles. The number of benzene rings is 1. The summed E-state index contributed by atoms with van der Waals surface area (Å²) < 4.78 is 2.03. The van der Waals surface area contributed by atoms with Gasteiger partial charge in [-0.2, -0.15) is 0 Å². The highest BCUT2D eigenvalue weighted by molar-refractivity contribution is 5.34. The number of nitrogens with zero attached hydrogens (tertiary/aromatic N) is 1. The minimum atomic E-state index is 0.103. The van der Waals surface area contributed by atoms with Crippen molar-refractivity contribution in [2.45, 2.75) is 6.61 Å². The Morgan fingerprint density at radius 3 is 2.15 bits per heavy atom. The number of rotatable bonds is 2. The van der Waals surface area contributed by atoms with E-state index in [9.17, 15) is 0 Å². The quantitative estimate of drug-likeness (QED) is 0.738. The van der Waals surface area contributed by atoms with E-state index in [0.717, 1.165) is 11.3 Å². The summed E-state index contributed by atoms with van der Waals surface area (Å²) in [7, 11) is 0. The van der Waals surface area contributed by atoms with Gasteiger partial charge in [0.05, 0.1) is 6.61 Å². The van der Waals surface area contributed by atoms with Crippen molar-refractivity contribution in [2.75, 3.05) is 0 Å². The van der Waals surface area contributed by atoms with Gasteiger partial charge in [0.1, 0.15) is 0 Å². The largest absolute Gasteiger partial charge is 0.392 e. The Labute approximate surface area is 77.1 Å². The van der Waals surface area contributed by atoms with Gasteiger partial charge in [-0.1, -0.05) is 12.1 Å². The number of hydrogen-bond acceptors (Lipinski definition) is 1. The summed E-state index contributed by atoms with van der Waals surface area (Å²) >= 11 is 0. The van der Waals surface area contributed by atoms with E-state index in [1.165, 1.54) is 0 Å². The highest BCUT2D eigenvalue weighted by Gasteiger charge is 1.93. The molecule has 0 unspecified atom stereocenters. The fraction of sp³-hybridized carbons (Fsp3) is 0.0909. The molecule has 0 saturated carbocycles. The fourth-order valence-corrected chi connectivity index (χ4v) is 1.28. The molecule has 0 saturated heterocycles. The zero-order valence-corrected chi connectivity index (χ0v) is 7.22. The Balaban J connectivity index is 2.33. The van der Waals surface area contributed by atoms with E-state index < -0.39 is 0 Å². The van der Waals surface area contributed by atoms with Crippen LogP contribution in [-0.4, -0.2) is 9.67 Å². The molecule has 2 heteroatoms. The molecule has 2 aromatic rings. The van der Waals surface area contributed by atoms with E-state index in [2.05, 4.69) is 0 Å². The summed E-state index contributed by atoms with van der Waals surface area (Å²) in [6, 6.07) is 11.8. The smallest absolute Gasteiger partial charge is 0.0681 e. The Bertz CT molecular complexity index is 361. The third kappa shape index (κ3) is 1.63. The van der Waals surface area contributed by atoms with Gasteiger partial charge >= 0.3 is 0 Å². The van der Waals surface area contributed by atoms with Gasteiger partial charge in [0.2, 0.25) is 0 Å². The zero-order chi connectivity index (χ0) is 9.10. The van der Waals surface area contributed by atoms with Gasteiger partial charge in [0.15, 0.2) is 0 Å². The molecule has 0 radical (unpaired) electrons. The predicted octanol–water partition coefficient (Wildman–Crippen LogP) is 1.97. The first-order chi connectivity index (χ1) is 6.40. The lowest BCUT2D eigenvalue weighted by atomic mass is 10.2. The molecule has 0 aliphatic heterocycles. The summed E-state index contributed by atoms with van der Waals surface area (Å²) in [6.07, 6.45) is 3.99. The third-order valence-electron chi connectivity index (χ3n) is 2.02. The molecule has 13 heavy (non-hydrogen) atoms. The summed E-state index contributed by atoms with van der Waals surface area (Å²) in [5.74, 6) is 0. The lowest BCUT2D eigenvalue weighted by Crippen LogP contribution is -1.90. The van der Waals surface area contributed by atoms with Crippen LogP contribution in [0.25, 0.3) is 5.69 Å². The van der Waals surface area contributed by atoms with Crippen molar-refractivity contribution < 1.29 is 5.11 Å².